The fourth-order valence-electron chi connectivity index (χ4n) is 3.16. The van der Waals surface area contributed by atoms with E-state index in [1.807, 2.05) is 18.2 Å². The summed E-state index contributed by atoms with van der Waals surface area (Å²) in [6.45, 7) is 2.60. The lowest BCUT2D eigenvalue weighted by Crippen LogP contribution is -2.62. The van der Waals surface area contributed by atoms with Crippen LogP contribution in [0.3, 0.4) is 0 Å². The summed E-state index contributed by atoms with van der Waals surface area (Å²) in [6, 6.07) is 10.2. The van der Waals surface area contributed by atoms with Crippen molar-refractivity contribution < 1.29 is 4.79 Å². The normalized spacial score (nSPS) is 20.1. The van der Waals surface area contributed by atoms with Gasteiger partial charge in [0.2, 0.25) is 5.91 Å². The van der Waals surface area contributed by atoms with E-state index in [0.717, 1.165) is 25.3 Å². The Labute approximate surface area is 115 Å². The molecule has 1 aromatic heterocycles. The molecular weight excluding hydrogens is 256 g/mol. The molecular formula is C15H14N2OS. The van der Waals surface area contributed by atoms with Crippen molar-refractivity contribution in [2.75, 3.05) is 18.4 Å². The van der Waals surface area contributed by atoms with Crippen molar-refractivity contribution in [1.29, 1.82) is 0 Å². The molecule has 0 atom stereocenters. The molecule has 19 heavy (non-hydrogen) atoms. The number of rotatable bonds is 2. The van der Waals surface area contributed by atoms with Crippen molar-refractivity contribution in [1.82, 2.24) is 4.90 Å². The average Bonchev–Trinajstić information content (AvgIpc) is 2.95. The molecule has 1 N–H and O–H groups in total. The van der Waals surface area contributed by atoms with Crippen LogP contribution in [0.5, 0.6) is 0 Å². The van der Waals surface area contributed by atoms with Crippen molar-refractivity contribution >= 4 is 22.9 Å². The zero-order valence-corrected chi connectivity index (χ0v) is 11.2. The second kappa shape index (κ2) is 3.92. The minimum absolute atomic E-state index is 0.162. The second-order valence-electron chi connectivity index (χ2n) is 5.36. The Morgan fingerprint density at radius 3 is 2.89 bits per heavy atom. The Balaban J connectivity index is 1.56. The molecule has 4 rings (SSSR count). The van der Waals surface area contributed by atoms with Crippen molar-refractivity contribution in [2.24, 2.45) is 0 Å². The highest BCUT2D eigenvalue weighted by Gasteiger charge is 2.54. The van der Waals surface area contributed by atoms with E-state index in [2.05, 4.69) is 33.1 Å². The Hall–Kier alpha value is -1.65. The maximum absolute atomic E-state index is 12.2. The molecule has 1 spiro atoms. The molecule has 1 saturated heterocycles. The number of nitrogens with one attached hydrogen (secondary N) is 1. The van der Waals surface area contributed by atoms with Gasteiger partial charge < -0.3 is 5.32 Å². The van der Waals surface area contributed by atoms with Crippen LogP contribution in [0.2, 0.25) is 0 Å². The van der Waals surface area contributed by atoms with Gasteiger partial charge in [-0.15, -0.1) is 0 Å². The standard InChI is InChI=1S/C15H14N2OS/c18-14-15(12-3-1-2-4-13(12)16-14)9-17(10-15)7-11-5-6-19-8-11/h1-6,8H,7,9-10H2,(H,16,18). The summed E-state index contributed by atoms with van der Waals surface area (Å²) in [4.78, 5) is 14.6. The molecule has 1 aromatic carbocycles. The number of para-hydroxylation sites is 1. The third kappa shape index (κ3) is 1.57. The van der Waals surface area contributed by atoms with E-state index >= 15 is 0 Å². The number of hydrogen-bond acceptors (Lipinski definition) is 3. The Morgan fingerprint density at radius 2 is 2.11 bits per heavy atom. The van der Waals surface area contributed by atoms with Crippen LogP contribution in [-0.4, -0.2) is 23.9 Å². The van der Waals surface area contributed by atoms with Gasteiger partial charge in [0, 0.05) is 25.3 Å². The predicted molar refractivity (Wildman–Crippen MR) is 76.3 cm³/mol. The van der Waals surface area contributed by atoms with Gasteiger partial charge in [-0.05, 0) is 34.0 Å². The van der Waals surface area contributed by atoms with Crippen molar-refractivity contribution in [2.45, 2.75) is 12.0 Å². The predicted octanol–water partition coefficient (Wildman–Crippen LogP) is 2.45. The number of likely N-dealkylation sites (tertiary alicyclic amines) is 1. The molecule has 3 nitrogen and oxygen atoms in total. The molecule has 2 aliphatic heterocycles. The molecule has 0 bridgehead atoms. The summed E-state index contributed by atoms with van der Waals surface area (Å²) >= 11 is 1.72. The van der Waals surface area contributed by atoms with Crippen LogP contribution in [0.15, 0.2) is 41.1 Å². The molecule has 96 valence electrons. The molecule has 0 aliphatic carbocycles. The molecule has 1 fully saturated rings. The Morgan fingerprint density at radius 1 is 1.26 bits per heavy atom. The Bertz CT molecular complexity index is 629. The van der Waals surface area contributed by atoms with Crippen LogP contribution in [0.4, 0.5) is 5.69 Å². The highest BCUT2D eigenvalue weighted by Crippen LogP contribution is 2.44. The van der Waals surface area contributed by atoms with E-state index in [9.17, 15) is 4.79 Å². The smallest absolute Gasteiger partial charge is 0.237 e. The van der Waals surface area contributed by atoms with Gasteiger partial charge in [0.05, 0.1) is 0 Å². The van der Waals surface area contributed by atoms with Gasteiger partial charge in [-0.3, -0.25) is 9.69 Å². The molecule has 3 heterocycles. The first kappa shape index (κ1) is 11.2. The number of nitrogens with zero attached hydrogens (tertiary/aromatic N) is 1. The summed E-state index contributed by atoms with van der Waals surface area (Å²) in [5.41, 5.74) is 3.20. The van der Waals surface area contributed by atoms with Gasteiger partial charge in [-0.1, -0.05) is 18.2 Å². The van der Waals surface area contributed by atoms with Gasteiger partial charge in [0.25, 0.3) is 0 Å². The minimum atomic E-state index is -0.299. The quantitative estimate of drug-likeness (QED) is 0.909. The zero-order valence-electron chi connectivity index (χ0n) is 10.4. The number of carbonyl (C=O) groups is 1. The van der Waals surface area contributed by atoms with Crippen LogP contribution in [0, 0.1) is 0 Å². The second-order valence-corrected chi connectivity index (χ2v) is 6.14. The monoisotopic (exact) mass is 270 g/mol. The topological polar surface area (TPSA) is 32.3 Å². The van der Waals surface area contributed by atoms with Crippen molar-refractivity contribution in [3.05, 3.63) is 52.2 Å². The van der Waals surface area contributed by atoms with Gasteiger partial charge in [0.1, 0.15) is 5.41 Å². The van der Waals surface area contributed by atoms with Gasteiger partial charge >= 0.3 is 0 Å². The van der Waals surface area contributed by atoms with E-state index in [4.69, 9.17) is 0 Å². The van der Waals surface area contributed by atoms with Crippen molar-refractivity contribution in [3.63, 3.8) is 0 Å². The third-order valence-electron chi connectivity index (χ3n) is 4.10. The summed E-state index contributed by atoms with van der Waals surface area (Å²) < 4.78 is 0. The molecule has 2 aromatic rings. The Kier molecular flexibility index (Phi) is 2.31. The fraction of sp³-hybridized carbons (Fsp3) is 0.267. The van der Waals surface area contributed by atoms with E-state index < -0.39 is 0 Å². The van der Waals surface area contributed by atoms with E-state index in [1.165, 1.54) is 11.1 Å². The molecule has 1 amide bonds. The number of carbonyl (C=O) groups excluding carboxylic acids is 1. The van der Waals surface area contributed by atoms with Crippen molar-refractivity contribution in [3.8, 4) is 0 Å². The third-order valence-corrected chi connectivity index (χ3v) is 4.83. The van der Waals surface area contributed by atoms with E-state index in [-0.39, 0.29) is 11.3 Å². The van der Waals surface area contributed by atoms with Gasteiger partial charge in [-0.2, -0.15) is 11.3 Å². The first-order valence-corrected chi connectivity index (χ1v) is 7.37. The van der Waals surface area contributed by atoms with Crippen LogP contribution in [0.25, 0.3) is 0 Å². The summed E-state index contributed by atoms with van der Waals surface area (Å²) in [5.74, 6) is 0.162. The number of benzene rings is 1. The SMILES string of the molecule is O=C1Nc2ccccc2C12CN(Cc1ccsc1)C2. The van der Waals surface area contributed by atoms with Gasteiger partial charge in [0.15, 0.2) is 0 Å². The largest absolute Gasteiger partial charge is 0.325 e. The van der Waals surface area contributed by atoms with Crippen LogP contribution in [0.1, 0.15) is 11.1 Å². The number of amides is 1. The number of anilines is 1. The van der Waals surface area contributed by atoms with Crippen LogP contribution >= 0.6 is 11.3 Å². The zero-order chi connectivity index (χ0) is 12.9. The number of thiophene rings is 1. The average molecular weight is 270 g/mol. The molecule has 2 aliphatic rings. The molecule has 4 heteroatoms. The highest BCUT2D eigenvalue weighted by molar-refractivity contribution is 7.07. The van der Waals surface area contributed by atoms with Crippen LogP contribution < -0.4 is 5.32 Å². The minimum Gasteiger partial charge on any atom is -0.325 e. The molecule has 0 radical (unpaired) electrons. The lowest BCUT2D eigenvalue weighted by molar-refractivity contribution is -0.127. The van der Waals surface area contributed by atoms with Crippen LogP contribution in [-0.2, 0) is 16.8 Å². The highest BCUT2D eigenvalue weighted by atomic mass is 32.1. The van der Waals surface area contributed by atoms with E-state index in [0.29, 0.717) is 0 Å². The van der Waals surface area contributed by atoms with Gasteiger partial charge in [-0.25, -0.2) is 0 Å². The summed E-state index contributed by atoms with van der Waals surface area (Å²) in [6.07, 6.45) is 0. The number of hydrogen-bond donors (Lipinski definition) is 1. The lowest BCUT2D eigenvalue weighted by Gasteiger charge is -2.46. The molecule has 0 unspecified atom stereocenters. The maximum atomic E-state index is 12.2. The molecule has 0 saturated carbocycles. The lowest BCUT2D eigenvalue weighted by atomic mass is 9.74. The number of fused-ring (bicyclic) bond motifs is 2. The first-order chi connectivity index (χ1) is 9.28. The first-order valence-electron chi connectivity index (χ1n) is 6.42. The summed E-state index contributed by atoms with van der Waals surface area (Å²) in [5, 5.41) is 7.28. The summed E-state index contributed by atoms with van der Waals surface area (Å²) in [7, 11) is 0. The fourth-order valence-corrected chi connectivity index (χ4v) is 3.82. The van der Waals surface area contributed by atoms with E-state index in [1.54, 1.807) is 11.3 Å². The maximum Gasteiger partial charge on any atom is 0.237 e.